The van der Waals surface area contributed by atoms with Crippen molar-refractivity contribution in [2.45, 2.75) is 19.9 Å². The van der Waals surface area contributed by atoms with Gasteiger partial charge in [-0.25, -0.2) is 4.39 Å². The van der Waals surface area contributed by atoms with Gasteiger partial charge in [-0.05, 0) is 25.0 Å². The first kappa shape index (κ1) is 9.26. The summed E-state index contributed by atoms with van der Waals surface area (Å²) in [4.78, 5) is 0. The summed E-state index contributed by atoms with van der Waals surface area (Å²) in [5.74, 6) is -0.357. The molecule has 0 bridgehead atoms. The van der Waals surface area contributed by atoms with Crippen LogP contribution < -0.4 is 11.2 Å². The lowest BCUT2D eigenvalue weighted by molar-refractivity contribution is 0.619. The molecule has 3 heteroatoms. The molecule has 1 aromatic carbocycles. The van der Waals surface area contributed by atoms with Crippen LogP contribution >= 0.6 is 0 Å². The number of halogens is 1. The Morgan fingerprint density at radius 1 is 1.50 bits per heavy atom. The highest BCUT2D eigenvalue weighted by Gasteiger charge is 2.08. The molecule has 1 unspecified atom stereocenters. The van der Waals surface area contributed by atoms with E-state index in [2.05, 4.69) is 0 Å². The van der Waals surface area contributed by atoms with Gasteiger partial charge in [0.1, 0.15) is 13.7 Å². The molecule has 0 saturated heterocycles. The van der Waals surface area contributed by atoms with E-state index in [1.807, 2.05) is 6.92 Å². The molecule has 1 nitrogen and oxygen atoms in total. The van der Waals surface area contributed by atoms with Gasteiger partial charge < -0.3 is 5.73 Å². The van der Waals surface area contributed by atoms with E-state index in [0.29, 0.717) is 5.56 Å². The summed E-state index contributed by atoms with van der Waals surface area (Å²) in [5.41, 5.74) is 7.16. The Balaban J connectivity index is 3.27. The van der Waals surface area contributed by atoms with Crippen LogP contribution in [-0.4, -0.2) is 7.85 Å². The molecular weight excluding hydrogens is 152 g/mol. The molecule has 0 aliphatic rings. The monoisotopic (exact) mass is 163 g/mol. The standard InChI is InChI=1S/C9H11BFN/c1-5-7(6(2)12)3-4-8(10)9(5)11/h3-4,6H,12H2,1-2H3. The van der Waals surface area contributed by atoms with Crippen LogP contribution in [0.2, 0.25) is 0 Å². The van der Waals surface area contributed by atoms with Crippen molar-refractivity contribution in [2.75, 3.05) is 0 Å². The molecule has 0 fully saturated rings. The third kappa shape index (κ3) is 1.51. The van der Waals surface area contributed by atoms with Crippen molar-refractivity contribution < 1.29 is 4.39 Å². The topological polar surface area (TPSA) is 26.0 Å². The van der Waals surface area contributed by atoms with E-state index in [4.69, 9.17) is 13.6 Å². The van der Waals surface area contributed by atoms with E-state index in [0.717, 1.165) is 5.56 Å². The molecule has 0 aromatic heterocycles. The van der Waals surface area contributed by atoms with Crippen molar-refractivity contribution >= 4 is 13.3 Å². The van der Waals surface area contributed by atoms with E-state index < -0.39 is 0 Å². The Hall–Kier alpha value is -0.825. The van der Waals surface area contributed by atoms with Crippen molar-refractivity contribution in [3.63, 3.8) is 0 Å². The summed E-state index contributed by atoms with van der Waals surface area (Å²) in [5, 5.41) is 0. The average molecular weight is 163 g/mol. The third-order valence-corrected chi connectivity index (χ3v) is 1.95. The van der Waals surface area contributed by atoms with Gasteiger partial charge in [0.05, 0.1) is 0 Å². The van der Waals surface area contributed by atoms with Gasteiger partial charge in [0, 0.05) is 6.04 Å². The summed E-state index contributed by atoms with van der Waals surface area (Å²) in [6, 6.07) is 3.15. The molecule has 0 saturated carbocycles. The van der Waals surface area contributed by atoms with Crippen LogP contribution in [-0.2, 0) is 0 Å². The van der Waals surface area contributed by atoms with Gasteiger partial charge in [0.25, 0.3) is 0 Å². The highest BCUT2D eigenvalue weighted by atomic mass is 19.1. The third-order valence-electron chi connectivity index (χ3n) is 1.95. The smallest absolute Gasteiger partial charge is 0.119 e. The van der Waals surface area contributed by atoms with Gasteiger partial charge in [-0.1, -0.05) is 17.6 Å². The zero-order valence-corrected chi connectivity index (χ0v) is 7.26. The van der Waals surface area contributed by atoms with Crippen LogP contribution in [0.15, 0.2) is 12.1 Å². The fourth-order valence-corrected chi connectivity index (χ4v) is 1.21. The summed E-state index contributed by atoms with van der Waals surface area (Å²) in [7, 11) is 5.37. The molecule has 2 radical (unpaired) electrons. The number of hydrogen-bond acceptors (Lipinski definition) is 1. The van der Waals surface area contributed by atoms with Gasteiger partial charge in [-0.15, -0.1) is 0 Å². The second-order valence-electron chi connectivity index (χ2n) is 2.97. The maximum absolute atomic E-state index is 13.2. The van der Waals surface area contributed by atoms with Crippen LogP contribution in [0.25, 0.3) is 0 Å². The molecule has 62 valence electrons. The van der Waals surface area contributed by atoms with Crippen LogP contribution in [0.1, 0.15) is 24.1 Å². The van der Waals surface area contributed by atoms with Gasteiger partial charge in [-0.3, -0.25) is 0 Å². The lowest BCUT2D eigenvalue weighted by atomic mass is 9.90. The average Bonchev–Trinajstić information content (AvgIpc) is 2.00. The number of hydrogen-bond donors (Lipinski definition) is 1. The minimum atomic E-state index is -0.357. The van der Waals surface area contributed by atoms with Gasteiger partial charge in [0.2, 0.25) is 0 Å². The molecule has 1 aromatic rings. The first-order valence-electron chi connectivity index (χ1n) is 3.84. The number of benzene rings is 1. The second-order valence-corrected chi connectivity index (χ2v) is 2.97. The molecule has 0 spiro atoms. The first-order chi connectivity index (χ1) is 5.54. The van der Waals surface area contributed by atoms with Crippen molar-refractivity contribution in [3.8, 4) is 0 Å². The zero-order chi connectivity index (χ0) is 9.30. The highest BCUT2D eigenvalue weighted by Crippen LogP contribution is 2.15. The van der Waals surface area contributed by atoms with Gasteiger partial charge >= 0.3 is 0 Å². The van der Waals surface area contributed by atoms with E-state index in [1.54, 1.807) is 19.1 Å². The summed E-state index contributed by atoms with van der Waals surface area (Å²) >= 11 is 0. The minimum absolute atomic E-state index is 0.153. The van der Waals surface area contributed by atoms with E-state index >= 15 is 0 Å². The summed E-state index contributed by atoms with van der Waals surface area (Å²) in [6.07, 6.45) is 0. The normalized spacial score (nSPS) is 13.0. The quantitative estimate of drug-likeness (QED) is 0.612. The fraction of sp³-hybridized carbons (Fsp3) is 0.333. The van der Waals surface area contributed by atoms with Crippen LogP contribution in [0, 0.1) is 12.7 Å². The Morgan fingerprint density at radius 3 is 2.58 bits per heavy atom. The largest absolute Gasteiger partial charge is 0.324 e. The van der Waals surface area contributed by atoms with Gasteiger partial charge in [-0.2, -0.15) is 0 Å². The molecule has 0 heterocycles. The Kier molecular flexibility index (Phi) is 2.53. The van der Waals surface area contributed by atoms with Crippen molar-refractivity contribution in [2.24, 2.45) is 5.73 Å². The SMILES string of the molecule is [B]c1ccc(C(C)N)c(C)c1F. The predicted molar refractivity (Wildman–Crippen MR) is 49.1 cm³/mol. The minimum Gasteiger partial charge on any atom is -0.324 e. The van der Waals surface area contributed by atoms with Crippen LogP contribution in [0.5, 0.6) is 0 Å². The molecule has 1 rings (SSSR count). The Bertz CT molecular complexity index is 297. The molecule has 12 heavy (non-hydrogen) atoms. The lowest BCUT2D eigenvalue weighted by Gasteiger charge is -2.11. The highest BCUT2D eigenvalue weighted by molar-refractivity contribution is 6.32. The summed E-state index contributed by atoms with van der Waals surface area (Å²) in [6.45, 7) is 3.50. The van der Waals surface area contributed by atoms with Crippen LogP contribution in [0.3, 0.4) is 0 Å². The van der Waals surface area contributed by atoms with E-state index in [1.165, 1.54) is 0 Å². The number of rotatable bonds is 1. The Morgan fingerprint density at radius 2 is 2.08 bits per heavy atom. The van der Waals surface area contributed by atoms with Crippen molar-refractivity contribution in [1.82, 2.24) is 0 Å². The zero-order valence-electron chi connectivity index (χ0n) is 7.26. The lowest BCUT2D eigenvalue weighted by Crippen LogP contribution is -2.15. The Labute approximate surface area is 73.2 Å². The maximum Gasteiger partial charge on any atom is 0.119 e. The summed E-state index contributed by atoms with van der Waals surface area (Å²) < 4.78 is 13.2. The first-order valence-corrected chi connectivity index (χ1v) is 3.84. The van der Waals surface area contributed by atoms with E-state index in [9.17, 15) is 4.39 Å². The fourth-order valence-electron chi connectivity index (χ4n) is 1.21. The molecule has 0 amide bonds. The van der Waals surface area contributed by atoms with Gasteiger partial charge in [0.15, 0.2) is 0 Å². The predicted octanol–water partition coefficient (Wildman–Crippen LogP) is 0.948. The molecule has 2 N–H and O–H groups in total. The van der Waals surface area contributed by atoms with Crippen LogP contribution in [0.4, 0.5) is 4.39 Å². The molecule has 0 aliphatic carbocycles. The van der Waals surface area contributed by atoms with Crippen molar-refractivity contribution in [1.29, 1.82) is 0 Å². The molecule has 1 atom stereocenters. The second kappa shape index (κ2) is 3.27. The molecule has 0 aliphatic heterocycles. The van der Waals surface area contributed by atoms with Crippen molar-refractivity contribution in [3.05, 3.63) is 29.1 Å². The maximum atomic E-state index is 13.2. The van der Waals surface area contributed by atoms with E-state index in [-0.39, 0.29) is 17.3 Å². The molecular formula is C9H11BFN. The number of nitrogens with two attached hydrogens (primary N) is 1.